The van der Waals surface area contributed by atoms with Gasteiger partial charge in [0.2, 0.25) is 0 Å². The van der Waals surface area contributed by atoms with Crippen LogP contribution < -0.4 is 10.1 Å². The topological polar surface area (TPSA) is 34.2 Å². The molecule has 1 aliphatic rings. The number of thioether (sulfide) groups is 1. The maximum atomic E-state index is 5.29. The van der Waals surface area contributed by atoms with E-state index in [0.29, 0.717) is 6.04 Å². The molecule has 112 valence electrons. The number of nitrogens with zero attached hydrogens (tertiary/aromatic N) is 1. The largest absolute Gasteiger partial charge is 0.497 e. The summed E-state index contributed by atoms with van der Waals surface area (Å²) < 4.78 is 5.29. The average molecular weight is 302 g/mol. The Morgan fingerprint density at radius 2 is 2.24 bits per heavy atom. The van der Waals surface area contributed by atoms with Crippen LogP contribution in [0.4, 0.5) is 5.82 Å². The number of methoxy groups -OCH3 is 1. The van der Waals surface area contributed by atoms with Crippen molar-refractivity contribution in [1.29, 1.82) is 0 Å². The summed E-state index contributed by atoms with van der Waals surface area (Å²) in [6.07, 6.45) is 5.67. The third-order valence-electron chi connectivity index (χ3n) is 4.10. The maximum Gasteiger partial charge on any atom is 0.134 e. The molecule has 1 aromatic carbocycles. The Morgan fingerprint density at radius 1 is 1.33 bits per heavy atom. The van der Waals surface area contributed by atoms with E-state index in [9.17, 15) is 0 Å². The number of hydrogen-bond donors (Lipinski definition) is 1. The first-order chi connectivity index (χ1) is 10.3. The number of pyridine rings is 1. The van der Waals surface area contributed by atoms with Gasteiger partial charge >= 0.3 is 0 Å². The van der Waals surface area contributed by atoms with E-state index in [1.54, 1.807) is 7.11 Å². The Bertz CT molecular complexity index is 617. The van der Waals surface area contributed by atoms with Gasteiger partial charge in [-0.05, 0) is 54.7 Å². The van der Waals surface area contributed by atoms with E-state index in [1.165, 1.54) is 35.8 Å². The van der Waals surface area contributed by atoms with Crippen LogP contribution in [0.25, 0.3) is 10.8 Å². The first kappa shape index (κ1) is 14.5. The zero-order chi connectivity index (χ0) is 14.7. The molecule has 1 N–H and O–H groups in total. The fraction of sp³-hybridized carbons (Fsp3) is 0.471. The number of hydrogen-bond acceptors (Lipinski definition) is 4. The highest BCUT2D eigenvalue weighted by molar-refractivity contribution is 7.99. The van der Waals surface area contributed by atoms with E-state index >= 15 is 0 Å². The summed E-state index contributed by atoms with van der Waals surface area (Å²) in [5, 5.41) is 6.79. The number of rotatable bonds is 5. The molecule has 1 aromatic heterocycles. The number of anilines is 1. The van der Waals surface area contributed by atoms with Gasteiger partial charge in [-0.2, -0.15) is 11.8 Å². The van der Waals surface area contributed by atoms with Crippen molar-refractivity contribution in [3.05, 3.63) is 30.5 Å². The number of aromatic nitrogens is 1. The lowest BCUT2D eigenvalue weighted by Crippen LogP contribution is -2.17. The predicted molar refractivity (Wildman–Crippen MR) is 91.5 cm³/mol. The Hall–Kier alpha value is -1.42. The predicted octanol–water partition coefficient (Wildman–Crippen LogP) is 4.33. The van der Waals surface area contributed by atoms with Gasteiger partial charge in [0, 0.05) is 22.9 Å². The Kier molecular flexibility index (Phi) is 4.54. The van der Waals surface area contributed by atoms with Crippen LogP contribution in [-0.4, -0.2) is 29.1 Å². The van der Waals surface area contributed by atoms with Crippen molar-refractivity contribution in [2.24, 2.45) is 0 Å². The Balaban J connectivity index is 1.78. The van der Waals surface area contributed by atoms with Crippen molar-refractivity contribution >= 4 is 28.4 Å². The van der Waals surface area contributed by atoms with E-state index in [0.717, 1.165) is 16.8 Å². The fourth-order valence-corrected chi connectivity index (χ4v) is 4.19. The quantitative estimate of drug-likeness (QED) is 0.891. The second kappa shape index (κ2) is 6.56. The highest BCUT2D eigenvalue weighted by Gasteiger charge is 2.24. The van der Waals surface area contributed by atoms with Crippen molar-refractivity contribution in [3.8, 4) is 5.75 Å². The average Bonchev–Trinajstić information content (AvgIpc) is 2.94. The van der Waals surface area contributed by atoms with Crippen LogP contribution in [-0.2, 0) is 0 Å². The summed E-state index contributed by atoms with van der Waals surface area (Å²) in [4.78, 5) is 4.54. The Labute approximate surface area is 130 Å². The third-order valence-corrected chi connectivity index (χ3v) is 5.33. The van der Waals surface area contributed by atoms with Crippen LogP contribution in [0.3, 0.4) is 0 Å². The van der Waals surface area contributed by atoms with Crippen LogP contribution in [0, 0.1) is 0 Å². The molecular formula is C17H22N2OS. The van der Waals surface area contributed by atoms with Crippen LogP contribution in [0.5, 0.6) is 5.75 Å². The lowest BCUT2D eigenvalue weighted by molar-refractivity contribution is 0.415. The van der Waals surface area contributed by atoms with Crippen LogP contribution in [0.2, 0.25) is 0 Å². The molecule has 2 aromatic rings. The molecule has 0 spiro atoms. The van der Waals surface area contributed by atoms with Gasteiger partial charge in [-0.1, -0.05) is 6.92 Å². The van der Waals surface area contributed by atoms with Crippen molar-refractivity contribution in [2.75, 3.05) is 18.2 Å². The van der Waals surface area contributed by atoms with E-state index < -0.39 is 0 Å². The highest BCUT2D eigenvalue weighted by atomic mass is 32.2. The summed E-state index contributed by atoms with van der Waals surface area (Å²) in [5.41, 5.74) is 0. The molecule has 3 rings (SSSR count). The fourth-order valence-electron chi connectivity index (χ4n) is 3.05. The first-order valence-electron chi connectivity index (χ1n) is 7.61. The van der Waals surface area contributed by atoms with E-state index in [4.69, 9.17) is 4.74 Å². The van der Waals surface area contributed by atoms with Gasteiger partial charge in [0.05, 0.1) is 7.11 Å². The van der Waals surface area contributed by atoms with E-state index in [1.807, 2.05) is 18.3 Å². The van der Waals surface area contributed by atoms with Crippen molar-refractivity contribution in [2.45, 2.75) is 37.5 Å². The van der Waals surface area contributed by atoms with Gasteiger partial charge in [0.15, 0.2) is 0 Å². The zero-order valence-electron chi connectivity index (χ0n) is 12.6. The van der Waals surface area contributed by atoms with Gasteiger partial charge in [-0.15, -0.1) is 0 Å². The molecule has 4 heteroatoms. The molecule has 1 fully saturated rings. The second-order valence-electron chi connectivity index (χ2n) is 5.48. The minimum atomic E-state index is 0.550. The van der Waals surface area contributed by atoms with Gasteiger partial charge in [-0.3, -0.25) is 0 Å². The lowest BCUT2D eigenvalue weighted by Gasteiger charge is -2.15. The molecule has 1 heterocycles. The van der Waals surface area contributed by atoms with E-state index in [-0.39, 0.29) is 0 Å². The molecule has 2 unspecified atom stereocenters. The summed E-state index contributed by atoms with van der Waals surface area (Å²) >= 11 is 2.08. The smallest absolute Gasteiger partial charge is 0.134 e. The third kappa shape index (κ3) is 3.26. The van der Waals surface area contributed by atoms with Crippen molar-refractivity contribution < 1.29 is 4.74 Å². The standard InChI is InChI=1S/C17H22N2OS/c1-3-21-15-6-4-13(11-15)19-17-16-7-5-14(20-2)10-12(16)8-9-18-17/h5,7-10,13,15H,3-4,6,11H2,1-2H3,(H,18,19). The number of ether oxygens (including phenoxy) is 1. The van der Waals surface area contributed by atoms with Gasteiger partial charge in [-0.25, -0.2) is 4.98 Å². The molecule has 3 nitrogen and oxygen atoms in total. The lowest BCUT2D eigenvalue weighted by atomic mass is 10.1. The molecule has 0 bridgehead atoms. The van der Waals surface area contributed by atoms with Crippen LogP contribution >= 0.6 is 11.8 Å². The zero-order valence-corrected chi connectivity index (χ0v) is 13.5. The Morgan fingerprint density at radius 3 is 3.05 bits per heavy atom. The minimum Gasteiger partial charge on any atom is -0.497 e. The first-order valence-corrected chi connectivity index (χ1v) is 8.66. The number of fused-ring (bicyclic) bond motifs is 1. The maximum absolute atomic E-state index is 5.29. The van der Waals surface area contributed by atoms with Crippen molar-refractivity contribution in [1.82, 2.24) is 4.98 Å². The van der Waals surface area contributed by atoms with Crippen LogP contribution in [0.15, 0.2) is 30.5 Å². The molecule has 0 saturated heterocycles. The number of benzene rings is 1. The molecule has 21 heavy (non-hydrogen) atoms. The van der Waals surface area contributed by atoms with Gasteiger partial charge < -0.3 is 10.1 Å². The van der Waals surface area contributed by atoms with Gasteiger partial charge in [0.1, 0.15) is 11.6 Å². The monoisotopic (exact) mass is 302 g/mol. The molecule has 0 radical (unpaired) electrons. The van der Waals surface area contributed by atoms with Crippen LogP contribution in [0.1, 0.15) is 26.2 Å². The minimum absolute atomic E-state index is 0.550. The second-order valence-corrected chi connectivity index (χ2v) is 7.06. The summed E-state index contributed by atoms with van der Waals surface area (Å²) in [6, 6.07) is 8.74. The molecule has 1 aliphatic carbocycles. The summed E-state index contributed by atoms with van der Waals surface area (Å²) in [7, 11) is 1.70. The molecular weight excluding hydrogens is 280 g/mol. The summed E-state index contributed by atoms with van der Waals surface area (Å²) in [5.74, 6) is 3.10. The molecule has 0 aliphatic heterocycles. The summed E-state index contributed by atoms with van der Waals surface area (Å²) in [6.45, 7) is 2.24. The normalized spacial score (nSPS) is 21.6. The van der Waals surface area contributed by atoms with E-state index in [2.05, 4.69) is 41.1 Å². The highest BCUT2D eigenvalue weighted by Crippen LogP contribution is 2.33. The van der Waals surface area contributed by atoms with Gasteiger partial charge in [0.25, 0.3) is 0 Å². The van der Waals surface area contributed by atoms with Crippen molar-refractivity contribution in [3.63, 3.8) is 0 Å². The molecule has 2 atom stereocenters. The molecule has 0 amide bonds. The SMILES string of the molecule is CCSC1CCC(Nc2nccc3cc(OC)ccc23)C1. The molecule has 1 saturated carbocycles. The number of nitrogens with one attached hydrogen (secondary N) is 1.